The zero-order chi connectivity index (χ0) is 20.7. The highest BCUT2D eigenvalue weighted by molar-refractivity contribution is 7.97. The number of aryl methyl sites for hydroxylation is 1. The SMILES string of the molecule is CC1Oc2cc(cnc2N)-c2c(nn(C)c2C#N)CN(C)Sc2ccc(F)cc21. The van der Waals surface area contributed by atoms with Crippen molar-refractivity contribution >= 4 is 17.8 Å². The highest BCUT2D eigenvalue weighted by Crippen LogP contribution is 2.38. The Hall–Kier alpha value is -3.09. The summed E-state index contributed by atoms with van der Waals surface area (Å²) in [5.74, 6) is 0.271. The molecule has 2 N–H and O–H groups in total. The van der Waals surface area contributed by atoms with Crippen LogP contribution in [0.1, 0.15) is 30.0 Å². The summed E-state index contributed by atoms with van der Waals surface area (Å²) in [5, 5.41) is 14.2. The van der Waals surface area contributed by atoms with Gasteiger partial charge >= 0.3 is 0 Å². The van der Waals surface area contributed by atoms with Gasteiger partial charge in [-0.2, -0.15) is 10.4 Å². The fraction of sp³-hybridized carbons (Fsp3) is 0.250. The van der Waals surface area contributed by atoms with E-state index in [-0.39, 0.29) is 11.6 Å². The first-order valence-electron chi connectivity index (χ1n) is 8.94. The molecule has 0 saturated heterocycles. The first kappa shape index (κ1) is 19.2. The number of nitriles is 1. The number of nitrogen functional groups attached to an aromatic ring is 1. The van der Waals surface area contributed by atoms with E-state index in [0.29, 0.717) is 34.7 Å². The molecular formula is C20H19FN6OS. The Balaban J connectivity index is 1.93. The molecule has 2 aromatic heterocycles. The van der Waals surface area contributed by atoms with Crippen molar-refractivity contribution in [3.05, 3.63) is 53.2 Å². The van der Waals surface area contributed by atoms with Crippen molar-refractivity contribution in [2.75, 3.05) is 12.8 Å². The van der Waals surface area contributed by atoms with Crippen LogP contribution in [0.25, 0.3) is 11.1 Å². The van der Waals surface area contributed by atoms with E-state index in [1.54, 1.807) is 30.1 Å². The van der Waals surface area contributed by atoms with Crippen LogP contribution in [0.4, 0.5) is 10.2 Å². The number of fused-ring (bicyclic) bond motifs is 5. The second-order valence-electron chi connectivity index (χ2n) is 6.83. The van der Waals surface area contributed by atoms with E-state index < -0.39 is 6.10 Å². The predicted octanol–water partition coefficient (Wildman–Crippen LogP) is 3.67. The van der Waals surface area contributed by atoms with Gasteiger partial charge in [0, 0.05) is 34.8 Å². The van der Waals surface area contributed by atoms with Crippen LogP contribution < -0.4 is 10.5 Å². The fourth-order valence-electron chi connectivity index (χ4n) is 3.39. The number of benzene rings is 1. The van der Waals surface area contributed by atoms with E-state index in [1.165, 1.54) is 24.1 Å². The molecule has 0 fully saturated rings. The maximum atomic E-state index is 13.9. The smallest absolute Gasteiger partial charge is 0.166 e. The standard InChI is InChI=1S/C20H19FN6OS/c1-11-14-7-13(21)4-5-18(14)29-26(2)10-15-19(16(8-22)27(3)25-15)12-6-17(28-11)20(23)24-9-12/h4-7,9,11H,10H2,1-3H3,(H2,23,24). The summed E-state index contributed by atoms with van der Waals surface area (Å²) in [4.78, 5) is 5.12. The fourth-order valence-corrected chi connectivity index (χ4v) is 4.38. The van der Waals surface area contributed by atoms with Crippen LogP contribution in [-0.2, 0) is 13.6 Å². The molecule has 0 saturated carbocycles. The normalized spacial score (nSPS) is 16.6. The van der Waals surface area contributed by atoms with Crippen molar-refractivity contribution in [1.82, 2.24) is 19.1 Å². The molecule has 1 unspecified atom stereocenters. The molecule has 29 heavy (non-hydrogen) atoms. The molecule has 0 spiro atoms. The Morgan fingerprint density at radius 1 is 1.34 bits per heavy atom. The lowest BCUT2D eigenvalue weighted by Crippen LogP contribution is -2.13. The largest absolute Gasteiger partial charge is 0.482 e. The number of hydrogen-bond acceptors (Lipinski definition) is 7. The van der Waals surface area contributed by atoms with Crippen LogP contribution in [0.5, 0.6) is 5.75 Å². The zero-order valence-corrected chi connectivity index (χ0v) is 17.0. The number of nitrogens with two attached hydrogens (primary N) is 1. The van der Waals surface area contributed by atoms with Crippen molar-refractivity contribution in [1.29, 1.82) is 5.26 Å². The number of hydrogen-bond donors (Lipinski definition) is 1. The van der Waals surface area contributed by atoms with Gasteiger partial charge in [-0.15, -0.1) is 0 Å². The second-order valence-corrected chi connectivity index (χ2v) is 8.08. The average molecular weight is 410 g/mol. The lowest BCUT2D eigenvalue weighted by molar-refractivity contribution is 0.224. The van der Waals surface area contributed by atoms with Crippen LogP contribution in [0.2, 0.25) is 0 Å². The van der Waals surface area contributed by atoms with E-state index in [2.05, 4.69) is 16.2 Å². The highest BCUT2D eigenvalue weighted by Gasteiger charge is 2.24. The molecule has 0 aliphatic carbocycles. The summed E-state index contributed by atoms with van der Waals surface area (Å²) in [7, 11) is 3.66. The third-order valence-electron chi connectivity index (χ3n) is 4.74. The summed E-state index contributed by atoms with van der Waals surface area (Å²) in [6.45, 7) is 2.31. The molecule has 3 heterocycles. The van der Waals surface area contributed by atoms with Gasteiger partial charge < -0.3 is 10.5 Å². The molecule has 1 aliphatic rings. The summed E-state index contributed by atoms with van der Waals surface area (Å²) in [6.07, 6.45) is 1.16. The number of aromatic nitrogens is 3. The Labute approximate surface area is 172 Å². The summed E-state index contributed by atoms with van der Waals surface area (Å²) >= 11 is 1.47. The van der Waals surface area contributed by atoms with Crippen LogP contribution in [-0.4, -0.2) is 26.1 Å². The van der Waals surface area contributed by atoms with Crippen LogP contribution in [0.3, 0.4) is 0 Å². The molecule has 7 nitrogen and oxygen atoms in total. The molecule has 4 rings (SSSR count). The summed E-state index contributed by atoms with van der Waals surface area (Å²) in [6, 6.07) is 8.61. The minimum Gasteiger partial charge on any atom is -0.482 e. The molecule has 148 valence electrons. The Bertz CT molecular complexity index is 1140. The molecule has 0 radical (unpaired) electrons. The zero-order valence-electron chi connectivity index (χ0n) is 16.2. The number of ether oxygens (including phenoxy) is 1. The van der Waals surface area contributed by atoms with Crippen LogP contribution in [0, 0.1) is 17.1 Å². The topological polar surface area (TPSA) is 93.0 Å². The van der Waals surface area contributed by atoms with Crippen molar-refractivity contribution < 1.29 is 9.13 Å². The van der Waals surface area contributed by atoms with Crippen LogP contribution in [0.15, 0.2) is 35.4 Å². The van der Waals surface area contributed by atoms with Crippen molar-refractivity contribution in [2.24, 2.45) is 7.05 Å². The van der Waals surface area contributed by atoms with Crippen molar-refractivity contribution in [2.45, 2.75) is 24.5 Å². The third kappa shape index (κ3) is 3.52. The maximum absolute atomic E-state index is 13.9. The molecule has 3 aromatic rings. The van der Waals surface area contributed by atoms with Gasteiger partial charge in [-0.05, 0) is 50.2 Å². The minimum absolute atomic E-state index is 0.226. The molecular weight excluding hydrogens is 391 g/mol. The van der Waals surface area contributed by atoms with Gasteiger partial charge in [0.15, 0.2) is 11.6 Å². The first-order valence-corrected chi connectivity index (χ1v) is 9.71. The quantitative estimate of drug-likeness (QED) is 0.565. The second kappa shape index (κ2) is 7.39. The Kier molecular flexibility index (Phi) is 4.90. The third-order valence-corrected chi connectivity index (χ3v) is 5.75. The van der Waals surface area contributed by atoms with E-state index in [0.717, 1.165) is 10.6 Å². The molecule has 1 aliphatic heterocycles. The lowest BCUT2D eigenvalue weighted by atomic mass is 10.0. The van der Waals surface area contributed by atoms with Gasteiger partial charge in [-0.1, -0.05) is 0 Å². The number of halogens is 1. The molecule has 9 heteroatoms. The number of nitrogens with zero attached hydrogens (tertiary/aromatic N) is 5. The van der Waals surface area contributed by atoms with Gasteiger partial charge in [0.25, 0.3) is 0 Å². The van der Waals surface area contributed by atoms with E-state index in [1.807, 2.05) is 18.3 Å². The Morgan fingerprint density at radius 2 is 2.14 bits per heavy atom. The number of pyridine rings is 1. The molecule has 0 amide bonds. The molecule has 2 bridgehead atoms. The molecule has 1 atom stereocenters. The van der Waals surface area contributed by atoms with Crippen LogP contribution >= 0.6 is 11.9 Å². The van der Waals surface area contributed by atoms with Gasteiger partial charge in [-0.3, -0.25) is 4.68 Å². The molecule has 1 aromatic carbocycles. The van der Waals surface area contributed by atoms with E-state index in [4.69, 9.17) is 10.5 Å². The van der Waals surface area contributed by atoms with E-state index in [9.17, 15) is 9.65 Å². The Morgan fingerprint density at radius 3 is 2.90 bits per heavy atom. The van der Waals surface area contributed by atoms with Gasteiger partial charge in [0.05, 0.1) is 12.2 Å². The van der Waals surface area contributed by atoms with Gasteiger partial charge in [0.1, 0.15) is 23.7 Å². The predicted molar refractivity (Wildman–Crippen MR) is 108 cm³/mol. The van der Waals surface area contributed by atoms with E-state index >= 15 is 0 Å². The lowest BCUT2D eigenvalue weighted by Gasteiger charge is -2.23. The average Bonchev–Trinajstić information content (AvgIpc) is 2.98. The maximum Gasteiger partial charge on any atom is 0.166 e. The minimum atomic E-state index is -0.454. The summed E-state index contributed by atoms with van der Waals surface area (Å²) < 4.78 is 23.6. The summed E-state index contributed by atoms with van der Waals surface area (Å²) in [5.41, 5.74) is 9.31. The highest BCUT2D eigenvalue weighted by atomic mass is 32.2. The van der Waals surface area contributed by atoms with Gasteiger partial charge in [-0.25, -0.2) is 13.7 Å². The number of anilines is 1. The van der Waals surface area contributed by atoms with Gasteiger partial charge in [0.2, 0.25) is 0 Å². The monoisotopic (exact) mass is 410 g/mol. The van der Waals surface area contributed by atoms with Crippen molar-refractivity contribution in [3.8, 4) is 22.9 Å². The van der Waals surface area contributed by atoms with Crippen molar-refractivity contribution in [3.63, 3.8) is 0 Å². The first-order chi connectivity index (χ1) is 13.9. The number of rotatable bonds is 0.